The third-order valence-electron chi connectivity index (χ3n) is 6.46. The molecule has 1 saturated heterocycles. The zero-order valence-corrected chi connectivity index (χ0v) is 19.7. The van der Waals surface area contributed by atoms with Crippen molar-refractivity contribution in [2.75, 3.05) is 24.6 Å². The number of piperidine rings is 1. The largest absolute Gasteiger partial charge is 0.494 e. The van der Waals surface area contributed by atoms with Gasteiger partial charge in [0.05, 0.1) is 18.2 Å². The standard InChI is InChI=1S/C24H29N5O3S/c1-2-32-20-12-6-3-8-16(20)14-25-21(30)17-9-7-13-28(15-17)24-27-29-22(31)18-10-4-5-11-19(18)26-23(29)33-24/h3,6,8,12,17H,2,4-5,7,9-11,13-15H2,1H3,(H,25,30). The normalized spacial score (nSPS) is 18.2. The topological polar surface area (TPSA) is 88.8 Å². The highest BCUT2D eigenvalue weighted by molar-refractivity contribution is 7.20. The summed E-state index contributed by atoms with van der Waals surface area (Å²) in [6.45, 7) is 4.40. The van der Waals surface area contributed by atoms with E-state index < -0.39 is 0 Å². The SMILES string of the molecule is CCOc1ccccc1CNC(=O)C1CCCN(c2nn3c(=O)c4c(nc3s2)CCCC4)C1. The summed E-state index contributed by atoms with van der Waals surface area (Å²) in [6.07, 6.45) is 5.52. The number of hydrogen-bond donors (Lipinski definition) is 1. The first-order valence-corrected chi connectivity index (χ1v) is 12.6. The van der Waals surface area contributed by atoms with Gasteiger partial charge in [0.15, 0.2) is 0 Å². The van der Waals surface area contributed by atoms with Gasteiger partial charge in [-0.25, -0.2) is 4.98 Å². The molecular formula is C24H29N5O3S. The van der Waals surface area contributed by atoms with E-state index in [-0.39, 0.29) is 17.4 Å². The van der Waals surface area contributed by atoms with Crippen LogP contribution in [0.15, 0.2) is 29.1 Å². The summed E-state index contributed by atoms with van der Waals surface area (Å²) in [7, 11) is 0. The lowest BCUT2D eigenvalue weighted by Gasteiger charge is -2.31. The zero-order valence-electron chi connectivity index (χ0n) is 18.9. The van der Waals surface area contributed by atoms with Crippen LogP contribution in [-0.4, -0.2) is 40.2 Å². The van der Waals surface area contributed by atoms with E-state index in [1.54, 1.807) is 0 Å². The van der Waals surface area contributed by atoms with E-state index in [1.165, 1.54) is 15.9 Å². The molecule has 33 heavy (non-hydrogen) atoms. The number of benzene rings is 1. The number of carbonyl (C=O) groups is 1. The fourth-order valence-electron chi connectivity index (χ4n) is 4.73. The summed E-state index contributed by atoms with van der Waals surface area (Å²) < 4.78 is 7.12. The number of amides is 1. The summed E-state index contributed by atoms with van der Waals surface area (Å²) in [6, 6.07) is 7.79. The lowest BCUT2D eigenvalue weighted by Crippen LogP contribution is -2.43. The van der Waals surface area contributed by atoms with Crippen LogP contribution in [0.5, 0.6) is 5.75 Å². The summed E-state index contributed by atoms with van der Waals surface area (Å²) >= 11 is 1.44. The molecule has 0 bridgehead atoms. The number of rotatable bonds is 6. The molecule has 5 rings (SSSR count). The van der Waals surface area contributed by atoms with E-state index in [2.05, 4.69) is 15.3 Å². The number of nitrogens with one attached hydrogen (secondary N) is 1. The maximum Gasteiger partial charge on any atom is 0.278 e. The second-order valence-electron chi connectivity index (χ2n) is 8.67. The Hall–Kier alpha value is -2.94. The second kappa shape index (κ2) is 9.51. The number of ether oxygens (including phenoxy) is 1. The van der Waals surface area contributed by atoms with Gasteiger partial charge in [-0.3, -0.25) is 9.59 Å². The maximum absolute atomic E-state index is 13.0. The smallest absolute Gasteiger partial charge is 0.278 e. The van der Waals surface area contributed by atoms with E-state index in [0.29, 0.717) is 24.7 Å². The Bertz CT molecular complexity index is 1220. The van der Waals surface area contributed by atoms with Gasteiger partial charge in [-0.15, -0.1) is 5.10 Å². The van der Waals surface area contributed by atoms with Crippen molar-refractivity contribution in [1.29, 1.82) is 0 Å². The summed E-state index contributed by atoms with van der Waals surface area (Å²) in [5, 5.41) is 8.45. The molecule has 1 aliphatic heterocycles. The van der Waals surface area contributed by atoms with E-state index in [9.17, 15) is 9.59 Å². The molecule has 8 nitrogen and oxygen atoms in total. The van der Waals surface area contributed by atoms with Gasteiger partial charge in [0.25, 0.3) is 5.56 Å². The van der Waals surface area contributed by atoms with E-state index in [0.717, 1.165) is 72.8 Å². The van der Waals surface area contributed by atoms with Crippen molar-refractivity contribution in [3.05, 3.63) is 51.4 Å². The molecule has 0 spiro atoms. The molecule has 1 aliphatic carbocycles. The first kappa shape index (κ1) is 21.9. The Morgan fingerprint density at radius 2 is 2.09 bits per heavy atom. The zero-order chi connectivity index (χ0) is 22.8. The molecule has 1 amide bonds. The van der Waals surface area contributed by atoms with Crippen LogP contribution in [0.2, 0.25) is 0 Å². The van der Waals surface area contributed by atoms with Gasteiger partial charge in [0.2, 0.25) is 16.0 Å². The molecule has 9 heteroatoms. The molecular weight excluding hydrogens is 438 g/mol. The predicted octanol–water partition coefficient (Wildman–Crippen LogP) is 2.96. The van der Waals surface area contributed by atoms with Crippen LogP contribution in [0.25, 0.3) is 4.96 Å². The minimum absolute atomic E-state index is 0.0311. The van der Waals surface area contributed by atoms with Gasteiger partial charge >= 0.3 is 0 Å². The van der Waals surface area contributed by atoms with Gasteiger partial charge in [-0.2, -0.15) is 4.52 Å². The van der Waals surface area contributed by atoms with Crippen LogP contribution < -0.4 is 20.5 Å². The lowest BCUT2D eigenvalue weighted by molar-refractivity contribution is -0.125. The number of hydrogen-bond acceptors (Lipinski definition) is 7. The van der Waals surface area contributed by atoms with Crippen molar-refractivity contribution in [3.8, 4) is 5.75 Å². The van der Waals surface area contributed by atoms with Crippen molar-refractivity contribution in [3.63, 3.8) is 0 Å². The quantitative estimate of drug-likeness (QED) is 0.600. The Balaban J connectivity index is 1.29. The van der Waals surface area contributed by atoms with E-state index in [4.69, 9.17) is 9.72 Å². The second-order valence-corrected chi connectivity index (χ2v) is 9.61. The Morgan fingerprint density at radius 3 is 2.97 bits per heavy atom. The monoisotopic (exact) mass is 467 g/mol. The van der Waals surface area contributed by atoms with Crippen molar-refractivity contribution >= 4 is 27.3 Å². The number of fused-ring (bicyclic) bond motifs is 2. The number of carbonyl (C=O) groups excluding carboxylic acids is 1. The van der Waals surface area contributed by atoms with E-state index >= 15 is 0 Å². The molecule has 1 unspecified atom stereocenters. The average Bonchev–Trinajstić information content (AvgIpc) is 3.28. The first-order chi connectivity index (χ1) is 16.1. The van der Waals surface area contributed by atoms with Gasteiger partial charge < -0.3 is 15.0 Å². The Morgan fingerprint density at radius 1 is 1.24 bits per heavy atom. The van der Waals surface area contributed by atoms with Crippen LogP contribution in [0.1, 0.15) is 49.4 Å². The molecule has 2 aliphatic rings. The minimum atomic E-state index is -0.122. The highest BCUT2D eigenvalue weighted by atomic mass is 32.1. The number of para-hydroxylation sites is 1. The molecule has 174 valence electrons. The molecule has 2 aromatic heterocycles. The third-order valence-corrected chi connectivity index (χ3v) is 7.43. The number of nitrogens with zero attached hydrogens (tertiary/aromatic N) is 4. The highest BCUT2D eigenvalue weighted by Gasteiger charge is 2.28. The lowest BCUT2D eigenvalue weighted by atomic mass is 9.97. The first-order valence-electron chi connectivity index (χ1n) is 11.8. The summed E-state index contributed by atoms with van der Waals surface area (Å²) in [5.74, 6) is 0.724. The maximum atomic E-state index is 13.0. The van der Waals surface area contributed by atoms with Crippen LogP contribution in [0, 0.1) is 5.92 Å². The third kappa shape index (κ3) is 4.46. The summed E-state index contributed by atoms with van der Waals surface area (Å²) in [4.78, 5) is 33.4. The molecule has 1 atom stereocenters. The molecule has 1 fully saturated rings. The van der Waals surface area contributed by atoms with Crippen molar-refractivity contribution in [2.45, 2.75) is 52.0 Å². The van der Waals surface area contributed by atoms with Crippen LogP contribution in [0.4, 0.5) is 5.13 Å². The molecule has 0 saturated carbocycles. The van der Waals surface area contributed by atoms with Crippen molar-refractivity contribution in [2.24, 2.45) is 5.92 Å². The Labute approximate surface area is 196 Å². The highest BCUT2D eigenvalue weighted by Crippen LogP contribution is 2.28. The number of aromatic nitrogens is 3. The van der Waals surface area contributed by atoms with E-state index in [1.807, 2.05) is 31.2 Å². The van der Waals surface area contributed by atoms with Gasteiger partial charge in [-0.1, -0.05) is 29.5 Å². The van der Waals surface area contributed by atoms with Crippen molar-refractivity contribution in [1.82, 2.24) is 19.9 Å². The molecule has 3 heterocycles. The molecule has 1 aromatic carbocycles. The molecule has 3 aromatic rings. The molecule has 1 N–H and O–H groups in total. The van der Waals surface area contributed by atoms with Crippen LogP contribution >= 0.6 is 11.3 Å². The molecule has 0 radical (unpaired) electrons. The van der Waals surface area contributed by atoms with Crippen LogP contribution in [-0.2, 0) is 24.2 Å². The Kier molecular flexibility index (Phi) is 6.30. The number of anilines is 1. The van der Waals surface area contributed by atoms with Gasteiger partial charge in [-0.05, 0) is 51.5 Å². The fourth-order valence-corrected chi connectivity index (χ4v) is 5.67. The van der Waals surface area contributed by atoms with Crippen LogP contribution in [0.3, 0.4) is 0 Å². The predicted molar refractivity (Wildman–Crippen MR) is 128 cm³/mol. The average molecular weight is 468 g/mol. The fraction of sp³-hybridized carbons (Fsp3) is 0.500. The van der Waals surface area contributed by atoms with Crippen molar-refractivity contribution < 1.29 is 9.53 Å². The van der Waals surface area contributed by atoms with Gasteiger partial charge in [0.1, 0.15) is 5.75 Å². The number of aryl methyl sites for hydroxylation is 1. The minimum Gasteiger partial charge on any atom is -0.494 e. The summed E-state index contributed by atoms with van der Waals surface area (Å²) in [5.41, 5.74) is 2.70. The van der Waals surface area contributed by atoms with Gasteiger partial charge in [0, 0.05) is 30.8 Å².